The van der Waals surface area contributed by atoms with Gasteiger partial charge in [-0.3, -0.25) is 9.69 Å². The molecule has 24 heavy (non-hydrogen) atoms. The molecule has 3 rings (SSSR count). The van der Waals surface area contributed by atoms with Crippen molar-refractivity contribution in [1.29, 1.82) is 0 Å². The molecular weight excluding hydrogens is 308 g/mol. The van der Waals surface area contributed by atoms with Gasteiger partial charge in [-0.25, -0.2) is 14.8 Å². The molecule has 0 radical (unpaired) electrons. The summed E-state index contributed by atoms with van der Waals surface area (Å²) in [6.07, 6.45) is 4.31. The van der Waals surface area contributed by atoms with Crippen LogP contribution in [0.5, 0.6) is 0 Å². The van der Waals surface area contributed by atoms with Crippen LogP contribution in [-0.4, -0.2) is 35.1 Å². The molecular formula is C17H18N4O3. The third-order valence-electron chi connectivity index (χ3n) is 4.00. The van der Waals surface area contributed by atoms with Crippen LogP contribution in [0.2, 0.25) is 0 Å². The van der Waals surface area contributed by atoms with E-state index in [1.807, 2.05) is 19.1 Å². The van der Waals surface area contributed by atoms with Crippen molar-refractivity contribution in [2.45, 2.75) is 19.8 Å². The van der Waals surface area contributed by atoms with Gasteiger partial charge in [-0.2, -0.15) is 0 Å². The fraction of sp³-hybridized carbons (Fsp3) is 0.294. The smallest absolute Gasteiger partial charge is 0.414 e. The van der Waals surface area contributed by atoms with E-state index < -0.39 is 0 Å². The Morgan fingerprint density at radius 3 is 2.75 bits per heavy atom. The first-order chi connectivity index (χ1) is 11.6. The molecule has 1 aliphatic rings. The van der Waals surface area contributed by atoms with Gasteiger partial charge in [0.05, 0.1) is 18.2 Å². The largest absolute Gasteiger partial charge is 0.447 e. The summed E-state index contributed by atoms with van der Waals surface area (Å²) in [5, 5.41) is 2.87. The first-order valence-corrected chi connectivity index (χ1v) is 7.67. The second-order valence-corrected chi connectivity index (χ2v) is 5.65. The first-order valence-electron chi connectivity index (χ1n) is 7.67. The van der Waals surface area contributed by atoms with Crippen molar-refractivity contribution in [3.05, 3.63) is 48.0 Å². The quantitative estimate of drug-likeness (QED) is 0.933. The number of ether oxygens (including phenoxy) is 1. The summed E-state index contributed by atoms with van der Waals surface area (Å²) in [6, 6.07) is 5.47. The lowest BCUT2D eigenvalue weighted by Gasteiger charge is -2.18. The molecule has 2 aromatic rings. The number of anilines is 2. The normalized spacial score (nSPS) is 15.1. The molecule has 0 bridgehead atoms. The van der Waals surface area contributed by atoms with Crippen LogP contribution < -0.4 is 10.2 Å². The van der Waals surface area contributed by atoms with Gasteiger partial charge in [0, 0.05) is 23.6 Å². The first kappa shape index (κ1) is 15.9. The number of hydrogen-bond acceptors (Lipinski definition) is 5. The van der Waals surface area contributed by atoms with Crippen LogP contribution in [-0.2, 0) is 9.53 Å². The average Bonchev–Trinajstić information content (AvgIpc) is 3.02. The second-order valence-electron chi connectivity index (χ2n) is 5.65. The highest BCUT2D eigenvalue weighted by molar-refractivity contribution is 5.97. The summed E-state index contributed by atoms with van der Waals surface area (Å²) in [5.74, 6) is -0.545. The van der Waals surface area contributed by atoms with E-state index in [1.54, 1.807) is 30.3 Å². The van der Waals surface area contributed by atoms with E-state index >= 15 is 0 Å². The van der Waals surface area contributed by atoms with Gasteiger partial charge in [-0.15, -0.1) is 0 Å². The van der Waals surface area contributed by atoms with Crippen LogP contribution in [0.4, 0.5) is 16.2 Å². The van der Waals surface area contributed by atoms with Crippen molar-refractivity contribution < 1.29 is 14.3 Å². The number of rotatable bonds is 4. The van der Waals surface area contributed by atoms with E-state index in [-0.39, 0.29) is 17.9 Å². The van der Waals surface area contributed by atoms with E-state index in [4.69, 9.17) is 4.74 Å². The summed E-state index contributed by atoms with van der Waals surface area (Å²) in [5.41, 5.74) is 3.05. The van der Waals surface area contributed by atoms with Crippen LogP contribution in [0, 0.1) is 6.92 Å². The topological polar surface area (TPSA) is 84.4 Å². The van der Waals surface area contributed by atoms with Crippen LogP contribution in [0.1, 0.15) is 24.0 Å². The minimum Gasteiger partial charge on any atom is -0.447 e. The Bertz CT molecular complexity index is 764. The Kier molecular flexibility index (Phi) is 4.41. The Labute approximate surface area is 139 Å². The summed E-state index contributed by atoms with van der Waals surface area (Å²) in [4.78, 5) is 33.6. The predicted octanol–water partition coefficient (Wildman–Crippen LogP) is 2.48. The maximum atomic E-state index is 12.4. The lowest BCUT2D eigenvalue weighted by Crippen LogP contribution is -2.24. The second kappa shape index (κ2) is 6.66. The molecule has 1 fully saturated rings. The predicted molar refractivity (Wildman–Crippen MR) is 88.9 cm³/mol. The molecule has 2 heterocycles. The molecule has 1 aromatic heterocycles. The molecule has 7 heteroatoms. The van der Waals surface area contributed by atoms with Gasteiger partial charge in [0.2, 0.25) is 5.91 Å². The van der Waals surface area contributed by atoms with Crippen molar-refractivity contribution in [3.8, 4) is 0 Å². The Morgan fingerprint density at radius 2 is 2.08 bits per heavy atom. The number of carbonyl (C=O) groups excluding carboxylic acids is 2. The molecule has 2 amide bonds. The fourth-order valence-electron chi connectivity index (χ4n) is 2.53. The molecule has 1 aliphatic heterocycles. The van der Waals surface area contributed by atoms with Gasteiger partial charge >= 0.3 is 6.09 Å². The maximum absolute atomic E-state index is 12.4. The number of nitrogens with zero attached hydrogens (tertiary/aromatic N) is 3. The number of nitrogens with one attached hydrogen (secondary N) is 1. The van der Waals surface area contributed by atoms with Crippen LogP contribution in [0.3, 0.4) is 0 Å². The lowest BCUT2D eigenvalue weighted by atomic mass is 10.0. The highest BCUT2D eigenvalue weighted by Crippen LogP contribution is 2.27. The molecule has 0 spiro atoms. The maximum Gasteiger partial charge on any atom is 0.414 e. The molecule has 0 saturated carbocycles. The van der Waals surface area contributed by atoms with Crippen molar-refractivity contribution in [2.24, 2.45) is 0 Å². The summed E-state index contributed by atoms with van der Waals surface area (Å²) >= 11 is 0. The summed E-state index contributed by atoms with van der Waals surface area (Å²) in [7, 11) is 0. The number of carbonyl (C=O) groups is 2. The number of amides is 2. The van der Waals surface area contributed by atoms with Crippen molar-refractivity contribution in [1.82, 2.24) is 9.97 Å². The van der Waals surface area contributed by atoms with Gasteiger partial charge in [-0.05, 0) is 31.5 Å². The van der Waals surface area contributed by atoms with Crippen molar-refractivity contribution >= 4 is 23.4 Å². The van der Waals surface area contributed by atoms with Crippen LogP contribution in [0.25, 0.3) is 0 Å². The van der Waals surface area contributed by atoms with Gasteiger partial charge < -0.3 is 10.1 Å². The number of cyclic esters (lactones) is 1. The van der Waals surface area contributed by atoms with Crippen molar-refractivity contribution in [2.75, 3.05) is 23.4 Å². The highest BCUT2D eigenvalue weighted by Gasteiger charge is 2.25. The zero-order chi connectivity index (χ0) is 17.1. The number of aryl methyl sites for hydroxylation is 1. The van der Waals surface area contributed by atoms with E-state index in [0.717, 1.165) is 16.8 Å². The monoisotopic (exact) mass is 326 g/mol. The number of aromatic nitrogens is 2. The summed E-state index contributed by atoms with van der Waals surface area (Å²) in [6.45, 7) is 4.59. The summed E-state index contributed by atoms with van der Waals surface area (Å²) < 4.78 is 4.98. The van der Waals surface area contributed by atoms with Gasteiger partial charge in [0.25, 0.3) is 0 Å². The van der Waals surface area contributed by atoms with E-state index in [2.05, 4.69) is 15.3 Å². The SMILES string of the molecule is Cc1ccc(NC(=O)C(C)c2cncnc2)cc1N1CCOC1=O. The van der Waals surface area contributed by atoms with Gasteiger partial charge in [0.1, 0.15) is 12.9 Å². The molecule has 1 N–H and O–H groups in total. The Hall–Kier alpha value is -2.96. The Morgan fingerprint density at radius 1 is 1.33 bits per heavy atom. The standard InChI is InChI=1S/C17H18N4O3/c1-11-3-4-14(7-15(11)21-5-6-24-17(21)23)20-16(22)12(2)13-8-18-10-19-9-13/h3-4,7-10,12H,5-6H2,1-2H3,(H,20,22). The van der Waals surface area contributed by atoms with E-state index in [0.29, 0.717) is 18.8 Å². The van der Waals surface area contributed by atoms with Crippen molar-refractivity contribution in [3.63, 3.8) is 0 Å². The minimum atomic E-state index is -0.382. The van der Waals surface area contributed by atoms with E-state index in [1.165, 1.54) is 6.33 Å². The molecule has 0 aliphatic carbocycles. The average molecular weight is 326 g/mol. The molecule has 1 aromatic carbocycles. The zero-order valence-corrected chi connectivity index (χ0v) is 13.5. The Balaban J connectivity index is 1.78. The molecule has 124 valence electrons. The van der Waals surface area contributed by atoms with Crippen LogP contribution >= 0.6 is 0 Å². The highest BCUT2D eigenvalue weighted by atomic mass is 16.6. The van der Waals surface area contributed by atoms with Gasteiger partial charge in [-0.1, -0.05) is 6.07 Å². The zero-order valence-electron chi connectivity index (χ0n) is 13.5. The number of benzene rings is 1. The minimum absolute atomic E-state index is 0.163. The molecule has 1 atom stereocenters. The molecule has 1 unspecified atom stereocenters. The van der Waals surface area contributed by atoms with Gasteiger partial charge in [0.15, 0.2) is 0 Å². The van der Waals surface area contributed by atoms with Crippen LogP contribution in [0.15, 0.2) is 36.9 Å². The number of hydrogen-bond donors (Lipinski definition) is 1. The third kappa shape index (κ3) is 3.19. The lowest BCUT2D eigenvalue weighted by molar-refractivity contribution is -0.117. The molecule has 7 nitrogen and oxygen atoms in total. The fourth-order valence-corrected chi connectivity index (χ4v) is 2.53. The third-order valence-corrected chi connectivity index (χ3v) is 4.00. The van der Waals surface area contributed by atoms with E-state index in [9.17, 15) is 9.59 Å². The molecule has 1 saturated heterocycles.